The highest BCUT2D eigenvalue weighted by Crippen LogP contribution is 2.31. The third-order valence-electron chi connectivity index (χ3n) is 6.28. The molecule has 1 saturated heterocycles. The van der Waals surface area contributed by atoms with Crippen molar-refractivity contribution in [1.29, 1.82) is 0 Å². The van der Waals surface area contributed by atoms with E-state index < -0.39 is 65.2 Å². The molecule has 0 radical (unpaired) electrons. The summed E-state index contributed by atoms with van der Waals surface area (Å²) < 4.78 is 66.0. The van der Waals surface area contributed by atoms with Crippen molar-refractivity contribution in [3.63, 3.8) is 0 Å². The number of likely N-dealkylation sites (tertiary alicyclic amines) is 1. The van der Waals surface area contributed by atoms with Gasteiger partial charge in [-0.3, -0.25) is 9.69 Å². The van der Waals surface area contributed by atoms with E-state index in [9.17, 15) is 32.3 Å². The molecule has 0 N–H and O–H groups in total. The number of carbonyl (C=O) groups is 4. The van der Waals surface area contributed by atoms with Crippen LogP contribution in [-0.4, -0.2) is 78.2 Å². The minimum absolute atomic E-state index is 0.133. The Morgan fingerprint density at radius 1 is 0.795 bits per heavy atom. The van der Waals surface area contributed by atoms with Gasteiger partial charge in [-0.15, -0.1) is 0 Å². The van der Waals surface area contributed by atoms with Crippen LogP contribution in [0.1, 0.15) is 67.8 Å². The summed E-state index contributed by atoms with van der Waals surface area (Å²) in [7, 11) is 1.51. The van der Waals surface area contributed by atoms with E-state index >= 15 is 0 Å². The molecule has 1 heterocycles. The van der Waals surface area contributed by atoms with Gasteiger partial charge in [-0.25, -0.2) is 14.4 Å². The third-order valence-corrected chi connectivity index (χ3v) is 6.28. The number of ether oxygens (including phenoxy) is 5. The molecule has 0 unspecified atom stereocenters. The molecule has 2 aromatic carbocycles. The number of alkyl halides is 3. The smallest absolute Gasteiger partial charge is 0.497 e. The first kappa shape index (κ1) is 34.2. The Kier molecular flexibility index (Phi) is 10.2. The van der Waals surface area contributed by atoms with Crippen LogP contribution < -0.4 is 4.74 Å². The van der Waals surface area contributed by atoms with E-state index in [0.29, 0.717) is 5.75 Å². The molecule has 0 spiro atoms. The number of esters is 1. The molecule has 1 aliphatic heterocycles. The first-order valence-electron chi connectivity index (χ1n) is 13.7. The summed E-state index contributed by atoms with van der Waals surface area (Å²) in [6.07, 6.45) is -9.21. The van der Waals surface area contributed by atoms with E-state index in [0.717, 1.165) is 29.8 Å². The van der Waals surface area contributed by atoms with Crippen molar-refractivity contribution in [1.82, 2.24) is 4.90 Å². The van der Waals surface area contributed by atoms with Gasteiger partial charge < -0.3 is 23.7 Å². The fourth-order valence-corrected chi connectivity index (χ4v) is 4.39. The predicted molar refractivity (Wildman–Crippen MR) is 151 cm³/mol. The largest absolute Gasteiger partial charge is 0.509 e. The van der Waals surface area contributed by atoms with Crippen molar-refractivity contribution in [2.45, 2.75) is 83.6 Å². The van der Waals surface area contributed by atoms with Crippen molar-refractivity contribution in [2.75, 3.05) is 13.7 Å². The van der Waals surface area contributed by atoms with Crippen LogP contribution in [0, 0.1) is 0 Å². The van der Waals surface area contributed by atoms with E-state index in [1.807, 2.05) is 0 Å². The number of hydrogen-bond acceptors (Lipinski definition) is 9. The second kappa shape index (κ2) is 13.1. The van der Waals surface area contributed by atoms with E-state index in [-0.39, 0.29) is 18.5 Å². The number of methoxy groups -OCH3 is 1. The molecule has 3 rings (SSSR count). The SMILES string of the molecule is COc1ccc(C[C@@H]2[C@H](OC(=O)c3ccc(C(=O)C(F)(F)F)cc3)[C@@H](OC(=O)OC(C)(C)C)CN2C(=O)OC(C)(C)C)cc1. The molecule has 240 valence electrons. The average molecular weight is 624 g/mol. The van der Waals surface area contributed by atoms with Crippen LogP contribution in [0.5, 0.6) is 5.75 Å². The number of ketones is 1. The number of nitrogens with zero attached hydrogens (tertiary/aromatic N) is 1. The number of amides is 1. The van der Waals surface area contributed by atoms with Gasteiger partial charge in [0, 0.05) is 5.56 Å². The molecule has 44 heavy (non-hydrogen) atoms. The fourth-order valence-electron chi connectivity index (χ4n) is 4.39. The minimum Gasteiger partial charge on any atom is -0.497 e. The van der Waals surface area contributed by atoms with Gasteiger partial charge in [0.2, 0.25) is 0 Å². The van der Waals surface area contributed by atoms with Gasteiger partial charge in [0.05, 0.1) is 25.3 Å². The Hall–Kier alpha value is -4.29. The standard InChI is InChI=1S/C31H36F3NO9/c1-29(2,3)43-27(38)35-17-23(41-28(39)44-30(4,5)6)24(22(35)16-18-8-14-21(40-7)15-9-18)42-26(37)20-12-10-19(11-13-20)25(36)31(32,33)34/h8-15,22-24H,16-17H2,1-7H3/t22-,23+,24+/m1/s1. The quantitative estimate of drug-likeness (QED) is 0.203. The molecule has 0 saturated carbocycles. The normalized spacial score (nSPS) is 18.8. The van der Waals surface area contributed by atoms with Crippen LogP contribution in [0.2, 0.25) is 0 Å². The van der Waals surface area contributed by atoms with Crippen molar-refractivity contribution in [2.24, 2.45) is 0 Å². The molecule has 0 bridgehead atoms. The van der Waals surface area contributed by atoms with Crippen LogP contribution in [0.3, 0.4) is 0 Å². The van der Waals surface area contributed by atoms with Gasteiger partial charge >= 0.3 is 24.4 Å². The summed E-state index contributed by atoms with van der Waals surface area (Å²) in [5, 5.41) is 0. The summed E-state index contributed by atoms with van der Waals surface area (Å²) >= 11 is 0. The van der Waals surface area contributed by atoms with Crippen LogP contribution >= 0.6 is 0 Å². The molecular formula is C31H36F3NO9. The lowest BCUT2D eigenvalue weighted by molar-refractivity contribution is -0.0885. The number of benzene rings is 2. The molecule has 0 aliphatic carbocycles. The number of Topliss-reactive ketones (excluding diaryl/α,β-unsaturated/α-hetero) is 1. The maximum absolute atomic E-state index is 13.4. The molecule has 3 atom stereocenters. The van der Waals surface area contributed by atoms with Crippen LogP contribution in [0.15, 0.2) is 48.5 Å². The first-order chi connectivity index (χ1) is 20.3. The third kappa shape index (κ3) is 9.35. The Morgan fingerprint density at radius 2 is 1.34 bits per heavy atom. The number of rotatable bonds is 7. The Balaban J connectivity index is 1.98. The van der Waals surface area contributed by atoms with E-state index in [1.54, 1.807) is 65.8 Å². The zero-order valence-electron chi connectivity index (χ0n) is 25.5. The van der Waals surface area contributed by atoms with Crippen molar-refractivity contribution in [3.05, 3.63) is 65.2 Å². The number of halogens is 3. The number of hydrogen-bond donors (Lipinski definition) is 0. The monoisotopic (exact) mass is 623 g/mol. The summed E-state index contributed by atoms with van der Waals surface area (Å²) in [5.74, 6) is -2.46. The van der Waals surface area contributed by atoms with Crippen LogP contribution in [-0.2, 0) is 25.4 Å². The predicted octanol–water partition coefficient (Wildman–Crippen LogP) is 6.15. The molecule has 1 amide bonds. The zero-order chi connectivity index (χ0) is 33.0. The minimum atomic E-state index is -5.09. The average Bonchev–Trinajstić information content (AvgIpc) is 3.22. The van der Waals surface area contributed by atoms with Crippen molar-refractivity contribution >= 4 is 24.0 Å². The van der Waals surface area contributed by atoms with Crippen molar-refractivity contribution in [3.8, 4) is 5.75 Å². The zero-order valence-corrected chi connectivity index (χ0v) is 25.5. The van der Waals surface area contributed by atoms with Gasteiger partial charge in [-0.1, -0.05) is 24.3 Å². The highest BCUT2D eigenvalue weighted by Gasteiger charge is 2.50. The molecule has 13 heteroatoms. The number of carbonyl (C=O) groups excluding carboxylic acids is 4. The second-order valence-corrected chi connectivity index (χ2v) is 12.1. The lowest BCUT2D eigenvalue weighted by Crippen LogP contribution is -2.45. The van der Waals surface area contributed by atoms with E-state index in [1.165, 1.54) is 12.0 Å². The van der Waals surface area contributed by atoms with Crippen LogP contribution in [0.4, 0.5) is 22.8 Å². The maximum Gasteiger partial charge on any atom is 0.509 e. The molecule has 2 aromatic rings. The van der Waals surface area contributed by atoms with Gasteiger partial charge in [-0.05, 0) is 77.8 Å². The van der Waals surface area contributed by atoms with Gasteiger partial charge in [0.15, 0.2) is 12.2 Å². The molecule has 1 aliphatic rings. The second-order valence-electron chi connectivity index (χ2n) is 12.1. The summed E-state index contributed by atoms with van der Waals surface area (Å²) in [6.45, 7) is 9.72. The summed E-state index contributed by atoms with van der Waals surface area (Å²) in [6, 6.07) is 9.78. The molecular weight excluding hydrogens is 587 g/mol. The fraction of sp³-hybridized carbons (Fsp3) is 0.484. The molecule has 0 aromatic heterocycles. The van der Waals surface area contributed by atoms with Gasteiger partial charge in [-0.2, -0.15) is 13.2 Å². The van der Waals surface area contributed by atoms with Gasteiger partial charge in [0.25, 0.3) is 5.78 Å². The van der Waals surface area contributed by atoms with Gasteiger partial charge in [0.1, 0.15) is 17.0 Å². The Labute approximate surface area is 253 Å². The maximum atomic E-state index is 13.4. The summed E-state index contributed by atoms with van der Waals surface area (Å²) in [5.41, 5.74) is -1.90. The lowest BCUT2D eigenvalue weighted by atomic mass is 10.0. The summed E-state index contributed by atoms with van der Waals surface area (Å²) in [4.78, 5) is 52.2. The first-order valence-corrected chi connectivity index (χ1v) is 13.7. The molecule has 1 fully saturated rings. The van der Waals surface area contributed by atoms with Crippen LogP contribution in [0.25, 0.3) is 0 Å². The Morgan fingerprint density at radius 3 is 1.84 bits per heavy atom. The lowest BCUT2D eigenvalue weighted by Gasteiger charge is -2.30. The molecule has 10 nitrogen and oxygen atoms in total. The topological polar surface area (TPSA) is 118 Å². The highest BCUT2D eigenvalue weighted by atomic mass is 19.4. The van der Waals surface area contributed by atoms with Crippen molar-refractivity contribution < 1.29 is 56.0 Å². The van der Waals surface area contributed by atoms with E-state index in [2.05, 4.69) is 0 Å². The Bertz CT molecular complexity index is 1340. The highest BCUT2D eigenvalue weighted by molar-refractivity contribution is 6.01. The van der Waals surface area contributed by atoms with E-state index in [4.69, 9.17) is 23.7 Å².